The van der Waals surface area contributed by atoms with E-state index < -0.39 is 0 Å². The number of rotatable bonds is 3. The van der Waals surface area contributed by atoms with E-state index in [2.05, 4.69) is 37.4 Å². The van der Waals surface area contributed by atoms with Crippen LogP contribution in [0.25, 0.3) is 21.7 Å². The van der Waals surface area contributed by atoms with E-state index >= 15 is 0 Å². The molecule has 1 aliphatic carbocycles. The van der Waals surface area contributed by atoms with Crippen molar-refractivity contribution in [2.24, 2.45) is 11.8 Å². The second-order valence-corrected chi connectivity index (χ2v) is 7.54. The largest absolute Gasteiger partial charge is 0.464 e. The molecule has 1 aliphatic rings. The van der Waals surface area contributed by atoms with Gasteiger partial charge in [0.25, 0.3) is 0 Å². The topological polar surface area (TPSA) is 42.2 Å². The van der Waals surface area contributed by atoms with Gasteiger partial charge in [-0.2, -0.15) is 0 Å². The van der Waals surface area contributed by atoms with E-state index in [1.165, 1.54) is 18.2 Å². The molecule has 0 spiro atoms. The number of benzene rings is 2. The highest BCUT2D eigenvalue weighted by Gasteiger charge is 2.28. The molecule has 1 amide bonds. The molecule has 3 heteroatoms. The highest BCUT2D eigenvalue weighted by Crippen LogP contribution is 2.31. The number of amides is 1. The van der Waals surface area contributed by atoms with Crippen molar-refractivity contribution in [1.29, 1.82) is 0 Å². The lowest BCUT2D eigenvalue weighted by atomic mass is 9.78. The molecule has 1 heterocycles. The van der Waals surface area contributed by atoms with E-state index in [0.29, 0.717) is 24.3 Å². The maximum atomic E-state index is 12.7. The zero-order valence-electron chi connectivity index (χ0n) is 14.9. The highest BCUT2D eigenvalue weighted by molar-refractivity contribution is 6.08. The molecule has 0 saturated heterocycles. The molecule has 1 saturated carbocycles. The third kappa shape index (κ3) is 3.04. The van der Waals surface area contributed by atoms with Gasteiger partial charge in [0.1, 0.15) is 5.58 Å². The Morgan fingerprint density at radius 1 is 1.16 bits per heavy atom. The summed E-state index contributed by atoms with van der Waals surface area (Å²) in [6, 6.07) is 12.6. The summed E-state index contributed by atoms with van der Waals surface area (Å²) in [5.74, 6) is 1.32. The molecule has 1 aromatic heterocycles. The van der Waals surface area contributed by atoms with E-state index in [1.54, 1.807) is 6.26 Å². The first-order chi connectivity index (χ1) is 12.1. The van der Waals surface area contributed by atoms with Gasteiger partial charge in [-0.25, -0.2) is 0 Å². The molecular formula is C22H25NO2. The number of carbonyl (C=O) groups is 1. The monoisotopic (exact) mass is 335 g/mol. The molecule has 1 N–H and O–H groups in total. The molecule has 3 nitrogen and oxygen atoms in total. The Balaban J connectivity index is 1.58. The quantitative estimate of drug-likeness (QED) is 0.726. The first-order valence-corrected chi connectivity index (χ1v) is 9.30. The minimum Gasteiger partial charge on any atom is -0.464 e. The van der Waals surface area contributed by atoms with Crippen molar-refractivity contribution in [1.82, 2.24) is 5.32 Å². The Bertz CT molecular complexity index is 911. The Morgan fingerprint density at radius 3 is 2.88 bits per heavy atom. The Labute approximate surface area is 148 Å². The molecule has 3 atom stereocenters. The van der Waals surface area contributed by atoms with Gasteiger partial charge in [-0.3, -0.25) is 4.79 Å². The van der Waals surface area contributed by atoms with Gasteiger partial charge in [-0.15, -0.1) is 0 Å². The SMILES string of the molecule is C[C@H]1[C@@H](NC(=O)Cc2coc3ccc4ccccc4c23)CCC[C@@H]1C. The van der Waals surface area contributed by atoms with Crippen LogP contribution in [0.4, 0.5) is 0 Å². The summed E-state index contributed by atoms with van der Waals surface area (Å²) in [6.07, 6.45) is 5.68. The molecule has 0 radical (unpaired) electrons. The van der Waals surface area contributed by atoms with Crippen LogP contribution in [0.15, 0.2) is 47.1 Å². The molecular weight excluding hydrogens is 310 g/mol. The summed E-state index contributed by atoms with van der Waals surface area (Å²) in [7, 11) is 0. The van der Waals surface area contributed by atoms with Gasteiger partial charge in [0.05, 0.1) is 12.7 Å². The smallest absolute Gasteiger partial charge is 0.224 e. The van der Waals surface area contributed by atoms with Crippen LogP contribution in [0.2, 0.25) is 0 Å². The summed E-state index contributed by atoms with van der Waals surface area (Å²) in [5, 5.41) is 6.66. The van der Waals surface area contributed by atoms with Crippen LogP contribution in [0, 0.1) is 11.8 Å². The number of hydrogen-bond acceptors (Lipinski definition) is 2. The van der Waals surface area contributed by atoms with Crippen molar-refractivity contribution in [3.63, 3.8) is 0 Å². The number of fused-ring (bicyclic) bond motifs is 3. The van der Waals surface area contributed by atoms with Crippen molar-refractivity contribution in [3.05, 3.63) is 48.2 Å². The van der Waals surface area contributed by atoms with Crippen molar-refractivity contribution < 1.29 is 9.21 Å². The Hall–Kier alpha value is -2.29. The predicted molar refractivity (Wildman–Crippen MR) is 102 cm³/mol. The number of nitrogens with one attached hydrogen (secondary N) is 1. The molecule has 4 rings (SSSR count). The number of carbonyl (C=O) groups excluding carboxylic acids is 1. The van der Waals surface area contributed by atoms with Crippen LogP contribution in [0.1, 0.15) is 38.7 Å². The zero-order chi connectivity index (χ0) is 17.4. The highest BCUT2D eigenvalue weighted by atomic mass is 16.3. The van der Waals surface area contributed by atoms with Gasteiger partial charge in [0.15, 0.2) is 0 Å². The summed E-state index contributed by atoms with van der Waals surface area (Å²) in [6.45, 7) is 4.55. The molecule has 3 aromatic rings. The average molecular weight is 335 g/mol. The Morgan fingerprint density at radius 2 is 2.00 bits per heavy atom. The molecule has 2 aromatic carbocycles. The maximum absolute atomic E-state index is 12.7. The van der Waals surface area contributed by atoms with Gasteiger partial charge in [0, 0.05) is 17.0 Å². The van der Waals surface area contributed by atoms with Crippen LogP contribution in [-0.4, -0.2) is 11.9 Å². The van der Waals surface area contributed by atoms with Crippen LogP contribution in [0.5, 0.6) is 0 Å². The lowest BCUT2D eigenvalue weighted by Gasteiger charge is -2.34. The minimum atomic E-state index is 0.0987. The van der Waals surface area contributed by atoms with Crippen LogP contribution in [-0.2, 0) is 11.2 Å². The minimum absolute atomic E-state index is 0.0987. The van der Waals surface area contributed by atoms with Gasteiger partial charge in [-0.05, 0) is 35.1 Å². The fourth-order valence-corrected chi connectivity index (χ4v) is 4.22. The van der Waals surface area contributed by atoms with Gasteiger partial charge >= 0.3 is 0 Å². The fourth-order valence-electron chi connectivity index (χ4n) is 4.22. The first kappa shape index (κ1) is 16.2. The second-order valence-electron chi connectivity index (χ2n) is 7.54. The van der Waals surface area contributed by atoms with Crippen molar-refractivity contribution in [2.75, 3.05) is 0 Å². The summed E-state index contributed by atoms with van der Waals surface area (Å²) >= 11 is 0. The summed E-state index contributed by atoms with van der Waals surface area (Å²) in [4.78, 5) is 12.7. The number of furan rings is 1. The van der Waals surface area contributed by atoms with Gasteiger partial charge in [0.2, 0.25) is 5.91 Å². The zero-order valence-corrected chi connectivity index (χ0v) is 14.9. The summed E-state index contributed by atoms with van der Waals surface area (Å²) < 4.78 is 5.71. The third-order valence-corrected chi connectivity index (χ3v) is 5.94. The lowest BCUT2D eigenvalue weighted by Crippen LogP contribution is -2.44. The third-order valence-electron chi connectivity index (χ3n) is 5.94. The van der Waals surface area contributed by atoms with Crippen molar-refractivity contribution in [3.8, 4) is 0 Å². The van der Waals surface area contributed by atoms with Crippen LogP contribution < -0.4 is 5.32 Å². The Kier molecular flexibility index (Phi) is 4.24. The number of hydrogen-bond donors (Lipinski definition) is 1. The maximum Gasteiger partial charge on any atom is 0.224 e. The molecule has 0 unspecified atom stereocenters. The molecule has 0 bridgehead atoms. The normalized spacial score (nSPS) is 23.8. The standard InChI is InChI=1S/C22H25NO2/c1-14-6-5-9-19(15(14)2)23-21(24)12-17-13-25-20-11-10-16-7-3-4-8-18(16)22(17)20/h3-4,7-8,10-11,13-15,19H,5-6,9,12H2,1-2H3,(H,23,24)/t14-,15+,19-/m0/s1. The first-order valence-electron chi connectivity index (χ1n) is 9.30. The van der Waals surface area contributed by atoms with Gasteiger partial charge < -0.3 is 9.73 Å². The predicted octanol–water partition coefficient (Wildman–Crippen LogP) is 5.07. The van der Waals surface area contributed by atoms with E-state index in [-0.39, 0.29) is 5.91 Å². The van der Waals surface area contributed by atoms with E-state index in [4.69, 9.17) is 4.42 Å². The van der Waals surface area contributed by atoms with Crippen molar-refractivity contribution >= 4 is 27.6 Å². The lowest BCUT2D eigenvalue weighted by molar-refractivity contribution is -0.121. The molecule has 25 heavy (non-hydrogen) atoms. The fraction of sp³-hybridized carbons (Fsp3) is 0.409. The summed E-state index contributed by atoms with van der Waals surface area (Å²) in [5.41, 5.74) is 1.82. The van der Waals surface area contributed by atoms with Crippen molar-refractivity contribution in [2.45, 2.75) is 45.6 Å². The molecule has 0 aliphatic heterocycles. The van der Waals surface area contributed by atoms with Crippen LogP contribution in [0.3, 0.4) is 0 Å². The van der Waals surface area contributed by atoms with E-state index in [9.17, 15) is 4.79 Å². The van der Waals surface area contributed by atoms with Crippen LogP contribution >= 0.6 is 0 Å². The van der Waals surface area contributed by atoms with Gasteiger partial charge in [-0.1, -0.05) is 57.0 Å². The molecule has 130 valence electrons. The van der Waals surface area contributed by atoms with E-state index in [1.807, 2.05) is 18.2 Å². The second kappa shape index (κ2) is 6.55. The molecule has 1 fully saturated rings. The average Bonchev–Trinajstić information content (AvgIpc) is 3.02. The van der Waals surface area contributed by atoms with E-state index in [0.717, 1.165) is 28.3 Å².